The van der Waals surface area contributed by atoms with Crippen molar-refractivity contribution in [1.82, 2.24) is 9.88 Å². The Morgan fingerprint density at radius 2 is 1.93 bits per heavy atom. The Balaban J connectivity index is 1.35. The van der Waals surface area contributed by atoms with E-state index in [2.05, 4.69) is 10.3 Å². The van der Waals surface area contributed by atoms with Crippen LogP contribution in [0.15, 0.2) is 53.6 Å². The lowest BCUT2D eigenvalue weighted by Crippen LogP contribution is -2.31. The fraction of sp³-hybridized carbons (Fsp3) is 0.250. The van der Waals surface area contributed by atoms with E-state index >= 15 is 0 Å². The van der Waals surface area contributed by atoms with Gasteiger partial charge in [-0.1, -0.05) is 30.0 Å². The first-order chi connectivity index (χ1) is 18.9. The number of thioether (sulfide) groups is 1. The standard InChI is InChI=1S/C28H27FN4O4S3/c1-28(2,3)37-26(36)16-5-8-19(9-6-16)32-23(34)10-11-33-25(35)22(40-27(33)38)13-20-15-31-24(39-20)21-12-18(29)7-4-17(21)14-30/h4-9,12-13,15H,10-11,14,30H2,1-3H3,(H,32,34)/b22-13-. The molecule has 2 amide bonds. The monoisotopic (exact) mass is 598 g/mol. The highest BCUT2D eigenvalue weighted by Gasteiger charge is 2.32. The zero-order valence-corrected chi connectivity index (χ0v) is 24.5. The van der Waals surface area contributed by atoms with Crippen molar-refractivity contribution >= 4 is 69.2 Å². The zero-order valence-electron chi connectivity index (χ0n) is 22.0. The third kappa shape index (κ3) is 7.39. The molecule has 3 aromatic rings. The highest BCUT2D eigenvalue weighted by Crippen LogP contribution is 2.35. The van der Waals surface area contributed by atoms with Gasteiger partial charge in [-0.05, 0) is 68.8 Å². The summed E-state index contributed by atoms with van der Waals surface area (Å²) in [4.78, 5) is 44.6. The molecule has 208 valence electrons. The van der Waals surface area contributed by atoms with Gasteiger partial charge in [-0.3, -0.25) is 14.5 Å². The van der Waals surface area contributed by atoms with Crippen LogP contribution in [0.2, 0.25) is 0 Å². The van der Waals surface area contributed by atoms with E-state index in [1.165, 1.54) is 28.4 Å². The van der Waals surface area contributed by atoms with Crippen molar-refractivity contribution in [2.24, 2.45) is 5.73 Å². The fourth-order valence-corrected chi connectivity index (χ4v) is 5.97. The summed E-state index contributed by atoms with van der Waals surface area (Å²) in [5.74, 6) is -1.43. The van der Waals surface area contributed by atoms with Gasteiger partial charge in [0.1, 0.15) is 20.7 Å². The predicted molar refractivity (Wildman–Crippen MR) is 160 cm³/mol. The first-order valence-electron chi connectivity index (χ1n) is 12.3. The highest BCUT2D eigenvalue weighted by atomic mass is 32.2. The summed E-state index contributed by atoms with van der Waals surface area (Å²) in [5, 5.41) is 3.35. The van der Waals surface area contributed by atoms with Crippen molar-refractivity contribution in [3.05, 3.63) is 75.4 Å². The number of nitrogens with two attached hydrogens (primary N) is 1. The molecule has 0 spiro atoms. The van der Waals surface area contributed by atoms with E-state index in [0.717, 1.165) is 17.3 Å². The van der Waals surface area contributed by atoms with Crippen molar-refractivity contribution < 1.29 is 23.5 Å². The summed E-state index contributed by atoms with van der Waals surface area (Å²) in [5.41, 5.74) is 7.45. The van der Waals surface area contributed by atoms with E-state index in [1.807, 2.05) is 0 Å². The number of hydrogen-bond donors (Lipinski definition) is 2. The summed E-state index contributed by atoms with van der Waals surface area (Å²) >= 11 is 7.84. The average molecular weight is 599 g/mol. The number of carbonyl (C=O) groups excluding carboxylic acids is 3. The maximum Gasteiger partial charge on any atom is 0.338 e. The van der Waals surface area contributed by atoms with Crippen LogP contribution in [0.5, 0.6) is 0 Å². The van der Waals surface area contributed by atoms with Gasteiger partial charge in [0.15, 0.2) is 0 Å². The Hall–Kier alpha value is -3.45. The Morgan fingerprint density at radius 3 is 2.60 bits per heavy atom. The number of esters is 1. The summed E-state index contributed by atoms with van der Waals surface area (Å²) < 4.78 is 19.5. The second-order valence-corrected chi connectivity index (χ2v) is 12.5. The molecule has 0 radical (unpaired) electrons. The third-order valence-corrected chi connectivity index (χ3v) is 7.91. The van der Waals surface area contributed by atoms with Gasteiger partial charge < -0.3 is 15.8 Å². The molecule has 0 unspecified atom stereocenters. The Kier molecular flexibility index (Phi) is 9.14. The minimum atomic E-state index is -0.605. The Morgan fingerprint density at radius 1 is 1.20 bits per heavy atom. The van der Waals surface area contributed by atoms with E-state index in [0.29, 0.717) is 35.9 Å². The number of nitrogens with zero attached hydrogens (tertiary/aromatic N) is 2. The summed E-state index contributed by atoms with van der Waals surface area (Å²) in [6, 6.07) is 10.8. The van der Waals surface area contributed by atoms with E-state index in [9.17, 15) is 18.8 Å². The van der Waals surface area contributed by atoms with E-state index in [1.54, 1.807) is 63.4 Å². The topological polar surface area (TPSA) is 115 Å². The largest absolute Gasteiger partial charge is 0.456 e. The SMILES string of the molecule is CC(C)(C)OC(=O)c1ccc(NC(=O)CCN2C(=O)/C(=C/c3cnc(-c4cc(F)ccc4CN)s3)SC2=S)cc1. The molecule has 8 nitrogen and oxygen atoms in total. The van der Waals surface area contributed by atoms with Gasteiger partial charge in [0, 0.05) is 41.8 Å². The normalized spacial score (nSPS) is 14.6. The molecule has 12 heteroatoms. The smallest absolute Gasteiger partial charge is 0.338 e. The number of anilines is 1. The summed E-state index contributed by atoms with van der Waals surface area (Å²) in [7, 11) is 0. The number of carbonyl (C=O) groups is 3. The molecule has 40 heavy (non-hydrogen) atoms. The van der Waals surface area contributed by atoms with Crippen LogP contribution in [0.1, 0.15) is 48.0 Å². The molecule has 4 rings (SSSR count). The molecule has 0 saturated carbocycles. The molecule has 1 aromatic heterocycles. The summed E-state index contributed by atoms with van der Waals surface area (Å²) in [6.07, 6.45) is 3.33. The van der Waals surface area contributed by atoms with Crippen molar-refractivity contribution in [1.29, 1.82) is 0 Å². The van der Waals surface area contributed by atoms with Gasteiger partial charge in [0.25, 0.3) is 5.91 Å². The van der Waals surface area contributed by atoms with E-state index in [-0.39, 0.29) is 37.1 Å². The average Bonchev–Trinajstić information content (AvgIpc) is 3.46. The minimum Gasteiger partial charge on any atom is -0.456 e. The van der Waals surface area contributed by atoms with Crippen molar-refractivity contribution in [3.63, 3.8) is 0 Å². The van der Waals surface area contributed by atoms with Gasteiger partial charge in [0.2, 0.25) is 5.91 Å². The van der Waals surface area contributed by atoms with E-state index in [4.69, 9.17) is 22.7 Å². The summed E-state index contributed by atoms with van der Waals surface area (Å²) in [6.45, 7) is 5.72. The second-order valence-electron chi connectivity index (χ2n) is 9.78. The fourth-order valence-electron chi connectivity index (χ4n) is 3.69. The van der Waals surface area contributed by atoms with Crippen LogP contribution in [0.3, 0.4) is 0 Å². The molecule has 1 fully saturated rings. The molecule has 1 aliphatic rings. The number of halogens is 1. The lowest BCUT2D eigenvalue weighted by atomic mass is 10.1. The quantitative estimate of drug-likeness (QED) is 0.196. The lowest BCUT2D eigenvalue weighted by Gasteiger charge is -2.19. The van der Waals surface area contributed by atoms with Crippen molar-refractivity contribution in [2.75, 3.05) is 11.9 Å². The molecule has 1 saturated heterocycles. The van der Waals surface area contributed by atoms with Crippen LogP contribution < -0.4 is 11.1 Å². The number of aromatic nitrogens is 1. The Bertz CT molecular complexity index is 1500. The molecule has 0 aliphatic carbocycles. The highest BCUT2D eigenvalue weighted by molar-refractivity contribution is 8.26. The number of benzene rings is 2. The lowest BCUT2D eigenvalue weighted by molar-refractivity contribution is -0.122. The number of thiazole rings is 1. The van der Waals surface area contributed by atoms with Gasteiger partial charge in [-0.2, -0.15) is 0 Å². The third-order valence-electron chi connectivity index (χ3n) is 5.56. The van der Waals surface area contributed by atoms with Crippen LogP contribution in [-0.4, -0.2) is 44.1 Å². The first-order valence-corrected chi connectivity index (χ1v) is 14.3. The molecular formula is C28H27FN4O4S3. The number of hydrogen-bond acceptors (Lipinski definition) is 9. The first kappa shape index (κ1) is 29.5. The molecule has 2 heterocycles. The molecule has 0 bridgehead atoms. The minimum absolute atomic E-state index is 0.0275. The van der Waals surface area contributed by atoms with Crippen LogP contribution in [-0.2, 0) is 20.9 Å². The molecule has 3 N–H and O–H groups in total. The zero-order chi connectivity index (χ0) is 29.0. The molecular weight excluding hydrogens is 572 g/mol. The molecule has 0 atom stereocenters. The van der Waals surface area contributed by atoms with Crippen molar-refractivity contribution in [3.8, 4) is 10.6 Å². The Labute approximate surface area is 244 Å². The molecule has 2 aromatic carbocycles. The number of nitrogens with one attached hydrogen (secondary N) is 1. The number of amides is 2. The second kappa shape index (κ2) is 12.4. The molecule has 1 aliphatic heterocycles. The van der Waals surface area contributed by atoms with Crippen LogP contribution in [0.4, 0.5) is 10.1 Å². The van der Waals surface area contributed by atoms with E-state index < -0.39 is 11.6 Å². The van der Waals surface area contributed by atoms with Gasteiger partial charge in [-0.25, -0.2) is 14.2 Å². The maximum absolute atomic E-state index is 13.8. The van der Waals surface area contributed by atoms with Crippen molar-refractivity contribution in [2.45, 2.75) is 39.3 Å². The van der Waals surface area contributed by atoms with Gasteiger partial charge in [-0.15, -0.1) is 11.3 Å². The van der Waals surface area contributed by atoms with Crippen LogP contribution in [0.25, 0.3) is 16.6 Å². The van der Waals surface area contributed by atoms with Gasteiger partial charge in [0.05, 0.1) is 10.5 Å². The van der Waals surface area contributed by atoms with Crippen LogP contribution in [0, 0.1) is 5.82 Å². The van der Waals surface area contributed by atoms with Crippen LogP contribution >= 0.6 is 35.3 Å². The predicted octanol–water partition coefficient (Wildman–Crippen LogP) is 5.59. The number of thiocarbonyl (C=S) groups is 1. The van der Waals surface area contributed by atoms with Gasteiger partial charge >= 0.3 is 5.97 Å². The maximum atomic E-state index is 13.8. The number of rotatable bonds is 8. The number of ether oxygens (including phenoxy) is 1.